The predicted molar refractivity (Wildman–Crippen MR) is 174 cm³/mol. The maximum atomic E-state index is 14.0. The first-order valence-electron chi connectivity index (χ1n) is 16.3. The third-order valence-electron chi connectivity index (χ3n) is 10.0. The van der Waals surface area contributed by atoms with Gasteiger partial charge in [-0.05, 0) is 113 Å². The third kappa shape index (κ3) is 7.08. The predicted octanol–water partition coefficient (Wildman–Crippen LogP) is 5.61. The van der Waals surface area contributed by atoms with Gasteiger partial charge >= 0.3 is 0 Å². The first kappa shape index (κ1) is 32.3. The van der Waals surface area contributed by atoms with Crippen LogP contribution < -0.4 is 10.9 Å². The second kappa shape index (κ2) is 13.9. The van der Waals surface area contributed by atoms with Crippen LogP contribution in [-0.4, -0.2) is 71.3 Å². The summed E-state index contributed by atoms with van der Waals surface area (Å²) in [6.45, 7) is 15.0. The van der Waals surface area contributed by atoms with E-state index in [1.165, 1.54) is 5.56 Å². The number of hydrogen-bond donors (Lipinski definition) is 2. The molecule has 1 aliphatic carbocycles. The maximum absolute atomic E-state index is 14.0. The molecule has 2 N–H and O–H groups in total. The molecule has 2 aliphatic heterocycles. The number of alkyl halides is 1. The number of piperidine rings is 1. The quantitative estimate of drug-likeness (QED) is 0.390. The van der Waals surface area contributed by atoms with E-state index in [4.69, 9.17) is 4.74 Å². The minimum atomic E-state index is -0.738. The molecule has 5 rings (SSSR count). The number of nitrogens with one attached hydrogen (secondary N) is 2. The summed E-state index contributed by atoms with van der Waals surface area (Å²) in [5, 5.41) is 3.07. The van der Waals surface area contributed by atoms with Crippen molar-refractivity contribution in [2.75, 3.05) is 32.8 Å². The number of pyridine rings is 1. The van der Waals surface area contributed by atoms with Gasteiger partial charge in [-0.3, -0.25) is 19.4 Å². The molecule has 0 radical (unpaired) electrons. The van der Waals surface area contributed by atoms with E-state index in [0.717, 1.165) is 86.5 Å². The van der Waals surface area contributed by atoms with Crippen LogP contribution >= 0.6 is 0 Å². The van der Waals surface area contributed by atoms with E-state index in [0.29, 0.717) is 30.1 Å². The summed E-state index contributed by atoms with van der Waals surface area (Å²) in [4.78, 5) is 34.2. The lowest BCUT2D eigenvalue weighted by Gasteiger charge is -2.49. The number of nitrogens with zero attached hydrogens (tertiary/aromatic N) is 2. The van der Waals surface area contributed by atoms with Crippen LogP contribution in [0.2, 0.25) is 0 Å². The van der Waals surface area contributed by atoms with Crippen LogP contribution in [0.5, 0.6) is 0 Å². The lowest BCUT2D eigenvalue weighted by atomic mass is 9.74. The smallest absolute Gasteiger partial charge is 0.253 e. The van der Waals surface area contributed by atoms with E-state index < -0.39 is 6.17 Å². The van der Waals surface area contributed by atoms with Crippen LogP contribution in [0.4, 0.5) is 4.39 Å². The Morgan fingerprint density at radius 2 is 1.89 bits per heavy atom. The van der Waals surface area contributed by atoms with Crippen LogP contribution in [0.1, 0.15) is 80.8 Å². The highest BCUT2D eigenvalue weighted by molar-refractivity contribution is 6.00. The van der Waals surface area contributed by atoms with E-state index >= 15 is 0 Å². The summed E-state index contributed by atoms with van der Waals surface area (Å²) < 4.78 is 19.7. The maximum Gasteiger partial charge on any atom is 0.253 e. The Bertz CT molecular complexity index is 1460. The second-order valence-electron chi connectivity index (χ2n) is 13.1. The molecule has 1 aromatic carbocycles. The van der Waals surface area contributed by atoms with E-state index in [1.54, 1.807) is 0 Å². The van der Waals surface area contributed by atoms with Crippen LogP contribution in [0, 0.1) is 13.8 Å². The molecule has 0 bridgehead atoms. The second-order valence-corrected chi connectivity index (χ2v) is 13.1. The van der Waals surface area contributed by atoms with Gasteiger partial charge in [0.2, 0.25) is 0 Å². The van der Waals surface area contributed by atoms with Crippen molar-refractivity contribution in [1.29, 1.82) is 0 Å². The number of carbonyl (C=O) groups excluding carboxylic acids is 1. The molecule has 8 heteroatoms. The number of H-pyrrole nitrogens is 1. The fourth-order valence-corrected chi connectivity index (χ4v) is 7.46. The molecule has 3 aliphatic rings. The monoisotopic (exact) mass is 604 g/mol. The number of likely N-dealkylation sites (N-methyl/N-ethyl adjacent to an activating group) is 1. The van der Waals surface area contributed by atoms with Crippen molar-refractivity contribution in [1.82, 2.24) is 20.1 Å². The molecular formula is C36H49FN4O3. The van der Waals surface area contributed by atoms with Gasteiger partial charge in [0.15, 0.2) is 0 Å². The Labute approximate surface area is 261 Å². The van der Waals surface area contributed by atoms with Crippen LogP contribution in [0.15, 0.2) is 52.3 Å². The molecule has 7 nitrogen and oxygen atoms in total. The highest BCUT2D eigenvalue weighted by Crippen LogP contribution is 2.43. The van der Waals surface area contributed by atoms with Crippen LogP contribution in [0.25, 0.3) is 5.57 Å². The molecular weight excluding hydrogens is 555 g/mol. The number of aromatic amines is 1. The fraction of sp³-hybridized carbons (Fsp3) is 0.556. The zero-order valence-corrected chi connectivity index (χ0v) is 27.1. The molecule has 3 heterocycles. The van der Waals surface area contributed by atoms with Crippen LogP contribution in [-0.2, 0) is 22.6 Å². The molecule has 0 spiro atoms. The molecule has 1 amide bonds. The lowest BCUT2D eigenvalue weighted by Crippen LogP contribution is -2.55. The number of hydrogen-bond acceptors (Lipinski definition) is 5. The molecule has 2 fully saturated rings. The largest absolute Gasteiger partial charge is 0.381 e. The number of carbonyl (C=O) groups is 1. The zero-order chi connectivity index (χ0) is 31.4. The number of likely N-dealkylation sites (tertiary alicyclic amines) is 1. The summed E-state index contributed by atoms with van der Waals surface area (Å²) in [5.41, 5.74) is 6.79. The molecule has 2 saturated heterocycles. The van der Waals surface area contributed by atoms with Gasteiger partial charge < -0.3 is 15.0 Å². The minimum Gasteiger partial charge on any atom is -0.381 e. The van der Waals surface area contributed by atoms with Gasteiger partial charge in [-0.15, -0.1) is 0 Å². The van der Waals surface area contributed by atoms with Crippen molar-refractivity contribution in [3.8, 4) is 0 Å². The number of amides is 1. The van der Waals surface area contributed by atoms with E-state index in [1.807, 2.05) is 26.0 Å². The van der Waals surface area contributed by atoms with Crippen molar-refractivity contribution in [2.45, 2.75) is 97.6 Å². The number of ether oxygens (including phenoxy) is 1. The highest BCUT2D eigenvalue weighted by Gasteiger charge is 2.42. The average Bonchev–Trinajstić information content (AvgIpc) is 2.99. The number of halogens is 1. The first-order chi connectivity index (χ1) is 21.1. The van der Waals surface area contributed by atoms with Crippen LogP contribution in [0.3, 0.4) is 0 Å². The molecule has 2 unspecified atom stereocenters. The Balaban J connectivity index is 1.45. The van der Waals surface area contributed by atoms with Crippen molar-refractivity contribution in [3.63, 3.8) is 0 Å². The SMILES string of the molecule is CCN(C1CCOCC1)C1(C)CC(c2ccc(CN3CCCC(F)C3)cc2)=CC(C(=O)NCc2c(C)cc(C)[nH]c2=O)=C1C. The van der Waals surface area contributed by atoms with Crippen molar-refractivity contribution >= 4 is 11.5 Å². The first-order valence-corrected chi connectivity index (χ1v) is 16.3. The highest BCUT2D eigenvalue weighted by atomic mass is 19.1. The summed E-state index contributed by atoms with van der Waals surface area (Å²) in [6, 6.07) is 10.9. The number of rotatable bonds is 9. The summed E-state index contributed by atoms with van der Waals surface area (Å²) in [5.74, 6) is -0.171. The van der Waals surface area contributed by atoms with E-state index in [2.05, 4.69) is 65.1 Å². The zero-order valence-electron chi connectivity index (χ0n) is 27.1. The van der Waals surface area contributed by atoms with Gasteiger partial charge in [-0.1, -0.05) is 31.2 Å². The van der Waals surface area contributed by atoms with Crippen molar-refractivity contribution in [3.05, 3.63) is 85.9 Å². The molecule has 238 valence electrons. The molecule has 44 heavy (non-hydrogen) atoms. The number of aryl methyl sites for hydroxylation is 2. The molecule has 0 saturated carbocycles. The Morgan fingerprint density at radius 1 is 1.16 bits per heavy atom. The topological polar surface area (TPSA) is 77.7 Å². The van der Waals surface area contributed by atoms with Crippen molar-refractivity contribution in [2.24, 2.45) is 0 Å². The fourth-order valence-electron chi connectivity index (χ4n) is 7.46. The minimum absolute atomic E-state index is 0.165. The summed E-state index contributed by atoms with van der Waals surface area (Å²) in [6.07, 6.45) is 5.60. The van der Waals surface area contributed by atoms with Gasteiger partial charge in [0.05, 0.1) is 0 Å². The van der Waals surface area contributed by atoms with Gasteiger partial charge in [0.25, 0.3) is 11.5 Å². The van der Waals surface area contributed by atoms with Gasteiger partial charge in [0.1, 0.15) is 6.17 Å². The number of aromatic nitrogens is 1. The molecule has 1 aromatic heterocycles. The van der Waals surface area contributed by atoms with Gasteiger partial charge in [-0.2, -0.15) is 0 Å². The van der Waals surface area contributed by atoms with Gasteiger partial charge in [-0.25, -0.2) is 4.39 Å². The summed E-state index contributed by atoms with van der Waals surface area (Å²) >= 11 is 0. The van der Waals surface area contributed by atoms with Crippen molar-refractivity contribution < 1.29 is 13.9 Å². The van der Waals surface area contributed by atoms with E-state index in [9.17, 15) is 14.0 Å². The normalized spacial score (nSPS) is 23.6. The third-order valence-corrected chi connectivity index (χ3v) is 10.0. The average molecular weight is 605 g/mol. The Hall–Kier alpha value is -3.07. The molecule has 2 aromatic rings. The van der Waals surface area contributed by atoms with Gasteiger partial charge in [0, 0.05) is 61.3 Å². The Morgan fingerprint density at radius 3 is 2.55 bits per heavy atom. The standard InChI is InChI=1S/C36H49FN4O3/c1-6-41(31-13-16-44-17-14-31)36(5)20-29(28-11-9-27(10-12-28)22-40-15-7-8-30(37)23-40)19-32(26(36)4)34(42)38-21-33-24(2)18-25(3)39-35(33)43/h9-12,18-19,30-31H,6-8,13-17,20-23H2,1-5H3,(H,38,42)(H,39,43). The lowest BCUT2D eigenvalue weighted by molar-refractivity contribution is -0.117. The van der Waals surface area contributed by atoms with E-state index in [-0.39, 0.29) is 23.6 Å². The summed E-state index contributed by atoms with van der Waals surface area (Å²) in [7, 11) is 0. The molecule has 2 atom stereocenters. The Kier molecular flexibility index (Phi) is 10.2. The number of benzene rings is 1.